The monoisotopic (exact) mass is 202 g/mol. The molecular weight excluding hydrogens is 188 g/mol. The van der Waals surface area contributed by atoms with Crippen LogP contribution in [0.2, 0.25) is 0 Å². The van der Waals surface area contributed by atoms with E-state index in [4.69, 9.17) is 5.26 Å². The summed E-state index contributed by atoms with van der Waals surface area (Å²) in [4.78, 5) is 11.4. The van der Waals surface area contributed by atoms with Crippen LogP contribution >= 0.6 is 0 Å². The van der Waals surface area contributed by atoms with E-state index in [0.29, 0.717) is 5.56 Å². The van der Waals surface area contributed by atoms with Gasteiger partial charge in [-0.25, -0.2) is 0 Å². The molecule has 1 N–H and O–H groups in total. The Morgan fingerprint density at radius 2 is 2.13 bits per heavy atom. The molecule has 0 aromatic heterocycles. The van der Waals surface area contributed by atoms with E-state index in [1.54, 1.807) is 25.2 Å². The van der Waals surface area contributed by atoms with Crippen LogP contribution in [-0.2, 0) is 5.41 Å². The minimum atomic E-state index is -0.565. The number of nitriles is 1. The lowest BCUT2D eigenvalue weighted by molar-refractivity contribution is 0.0963. The molecule has 3 nitrogen and oxygen atoms in total. The first-order valence-corrected chi connectivity index (χ1v) is 4.75. The van der Waals surface area contributed by atoms with Crippen molar-refractivity contribution in [2.24, 2.45) is 0 Å². The molecule has 0 aliphatic rings. The van der Waals surface area contributed by atoms with Gasteiger partial charge in [-0.1, -0.05) is 12.1 Å². The fraction of sp³-hybridized carbons (Fsp3) is 0.333. The number of nitrogens with zero attached hydrogens (tertiary/aromatic N) is 1. The van der Waals surface area contributed by atoms with Crippen LogP contribution in [0.4, 0.5) is 0 Å². The van der Waals surface area contributed by atoms with Crippen LogP contribution in [0.3, 0.4) is 0 Å². The third-order valence-electron chi connectivity index (χ3n) is 2.35. The van der Waals surface area contributed by atoms with Crippen LogP contribution in [0, 0.1) is 11.3 Å². The van der Waals surface area contributed by atoms with E-state index in [9.17, 15) is 4.79 Å². The van der Waals surface area contributed by atoms with Gasteiger partial charge in [0.2, 0.25) is 0 Å². The van der Waals surface area contributed by atoms with Crippen molar-refractivity contribution in [3.05, 3.63) is 35.4 Å². The number of hydrogen-bond donors (Lipinski definition) is 1. The fourth-order valence-corrected chi connectivity index (χ4v) is 1.26. The van der Waals surface area contributed by atoms with Gasteiger partial charge in [0.1, 0.15) is 0 Å². The van der Waals surface area contributed by atoms with Gasteiger partial charge in [0, 0.05) is 12.6 Å². The number of carbonyl (C=O) groups is 1. The van der Waals surface area contributed by atoms with Crippen LogP contribution in [-0.4, -0.2) is 13.0 Å². The van der Waals surface area contributed by atoms with Crippen LogP contribution in [0.25, 0.3) is 0 Å². The minimum absolute atomic E-state index is 0.134. The number of amides is 1. The number of nitrogens with one attached hydrogen (secondary N) is 1. The topological polar surface area (TPSA) is 52.9 Å². The van der Waals surface area contributed by atoms with E-state index in [1.807, 2.05) is 19.9 Å². The zero-order valence-electron chi connectivity index (χ0n) is 9.16. The Morgan fingerprint density at radius 1 is 1.47 bits per heavy atom. The van der Waals surface area contributed by atoms with E-state index in [0.717, 1.165) is 5.56 Å². The molecule has 78 valence electrons. The lowest BCUT2D eigenvalue weighted by Crippen LogP contribution is -2.20. The average molecular weight is 202 g/mol. The lowest BCUT2D eigenvalue weighted by atomic mass is 9.85. The van der Waals surface area contributed by atoms with Crippen molar-refractivity contribution in [3.63, 3.8) is 0 Å². The molecule has 0 fully saturated rings. The van der Waals surface area contributed by atoms with Gasteiger partial charge >= 0.3 is 0 Å². The van der Waals surface area contributed by atoms with Crippen molar-refractivity contribution in [3.8, 4) is 6.07 Å². The summed E-state index contributed by atoms with van der Waals surface area (Å²) in [5.41, 5.74) is 0.869. The summed E-state index contributed by atoms with van der Waals surface area (Å²) >= 11 is 0. The molecule has 0 saturated heterocycles. The van der Waals surface area contributed by atoms with Crippen LogP contribution < -0.4 is 5.32 Å². The Balaban J connectivity index is 3.15. The SMILES string of the molecule is CNC(=O)c1cccc(C(C)(C)C#N)c1. The van der Waals surface area contributed by atoms with E-state index < -0.39 is 5.41 Å². The summed E-state index contributed by atoms with van der Waals surface area (Å²) < 4.78 is 0. The van der Waals surface area contributed by atoms with Crippen LogP contribution in [0.15, 0.2) is 24.3 Å². The van der Waals surface area contributed by atoms with Crippen molar-refractivity contribution in [1.29, 1.82) is 5.26 Å². The molecule has 0 heterocycles. The number of benzene rings is 1. The molecule has 1 aromatic rings. The highest BCUT2D eigenvalue weighted by atomic mass is 16.1. The second-order valence-corrected chi connectivity index (χ2v) is 3.90. The second kappa shape index (κ2) is 4.14. The smallest absolute Gasteiger partial charge is 0.251 e. The van der Waals surface area contributed by atoms with Crippen LogP contribution in [0.5, 0.6) is 0 Å². The minimum Gasteiger partial charge on any atom is -0.355 e. The van der Waals surface area contributed by atoms with E-state index >= 15 is 0 Å². The highest BCUT2D eigenvalue weighted by molar-refractivity contribution is 5.94. The molecule has 1 aromatic carbocycles. The number of rotatable bonds is 2. The summed E-state index contributed by atoms with van der Waals surface area (Å²) in [5, 5.41) is 11.5. The number of hydrogen-bond acceptors (Lipinski definition) is 2. The van der Waals surface area contributed by atoms with Gasteiger partial charge in [0.25, 0.3) is 5.91 Å². The molecule has 0 unspecified atom stereocenters. The van der Waals surface area contributed by atoms with Gasteiger partial charge in [-0.2, -0.15) is 5.26 Å². The highest BCUT2D eigenvalue weighted by Gasteiger charge is 2.20. The van der Waals surface area contributed by atoms with Gasteiger partial charge in [-0.3, -0.25) is 4.79 Å². The van der Waals surface area contributed by atoms with Crippen LogP contribution in [0.1, 0.15) is 29.8 Å². The Bertz CT molecular complexity index is 416. The van der Waals surface area contributed by atoms with Gasteiger partial charge in [-0.05, 0) is 31.5 Å². The number of carbonyl (C=O) groups excluding carboxylic acids is 1. The summed E-state index contributed by atoms with van der Waals surface area (Å²) in [5.74, 6) is -0.134. The second-order valence-electron chi connectivity index (χ2n) is 3.90. The maximum absolute atomic E-state index is 11.4. The van der Waals surface area contributed by atoms with Crippen molar-refractivity contribution in [2.45, 2.75) is 19.3 Å². The Kier molecular flexibility index (Phi) is 3.11. The van der Waals surface area contributed by atoms with E-state index in [2.05, 4.69) is 11.4 Å². The summed E-state index contributed by atoms with van der Waals surface area (Å²) in [7, 11) is 1.59. The zero-order valence-corrected chi connectivity index (χ0v) is 9.16. The average Bonchev–Trinajstić information content (AvgIpc) is 2.28. The molecule has 0 aliphatic heterocycles. The molecule has 1 rings (SSSR count). The van der Waals surface area contributed by atoms with Gasteiger partial charge in [-0.15, -0.1) is 0 Å². The predicted molar refractivity (Wildman–Crippen MR) is 58.5 cm³/mol. The molecule has 3 heteroatoms. The molecule has 0 atom stereocenters. The largest absolute Gasteiger partial charge is 0.355 e. The Hall–Kier alpha value is -1.82. The van der Waals surface area contributed by atoms with E-state index in [-0.39, 0.29) is 5.91 Å². The highest BCUT2D eigenvalue weighted by Crippen LogP contribution is 2.22. The first kappa shape index (κ1) is 11.3. The molecule has 0 spiro atoms. The van der Waals surface area contributed by atoms with Crippen molar-refractivity contribution < 1.29 is 4.79 Å². The summed E-state index contributed by atoms with van der Waals surface area (Å²) in [6.45, 7) is 3.66. The van der Waals surface area contributed by atoms with Gasteiger partial charge in [0.15, 0.2) is 0 Å². The molecule has 0 bridgehead atoms. The molecule has 1 amide bonds. The molecule has 0 radical (unpaired) electrons. The van der Waals surface area contributed by atoms with Gasteiger partial charge in [0.05, 0.1) is 11.5 Å². The summed E-state index contributed by atoms with van der Waals surface area (Å²) in [6.07, 6.45) is 0. The normalized spacial score (nSPS) is 10.5. The lowest BCUT2D eigenvalue weighted by Gasteiger charge is -2.16. The van der Waals surface area contributed by atoms with Gasteiger partial charge < -0.3 is 5.32 Å². The third-order valence-corrected chi connectivity index (χ3v) is 2.35. The quantitative estimate of drug-likeness (QED) is 0.795. The molecule has 15 heavy (non-hydrogen) atoms. The van der Waals surface area contributed by atoms with Crippen molar-refractivity contribution >= 4 is 5.91 Å². The van der Waals surface area contributed by atoms with Crippen molar-refractivity contribution in [2.75, 3.05) is 7.05 Å². The molecule has 0 aliphatic carbocycles. The zero-order chi connectivity index (χ0) is 11.5. The van der Waals surface area contributed by atoms with Crippen molar-refractivity contribution in [1.82, 2.24) is 5.32 Å². The standard InChI is InChI=1S/C12H14N2O/c1-12(2,8-13)10-6-4-5-9(7-10)11(15)14-3/h4-7H,1-3H3,(H,14,15). The molecule has 0 saturated carbocycles. The maximum atomic E-state index is 11.4. The van der Waals surface area contributed by atoms with E-state index in [1.165, 1.54) is 0 Å². The maximum Gasteiger partial charge on any atom is 0.251 e. The predicted octanol–water partition coefficient (Wildman–Crippen LogP) is 1.85. The fourth-order valence-electron chi connectivity index (χ4n) is 1.26. The third kappa shape index (κ3) is 2.35. The first-order valence-electron chi connectivity index (χ1n) is 4.75. The summed E-state index contributed by atoms with van der Waals surface area (Å²) in [6, 6.07) is 9.34. The Labute approximate surface area is 89.7 Å². The Morgan fingerprint density at radius 3 is 2.67 bits per heavy atom. The molecular formula is C12H14N2O. The first-order chi connectivity index (χ1) is 7.01.